The summed E-state index contributed by atoms with van der Waals surface area (Å²) in [5, 5.41) is 0. The molecule has 0 aromatic rings. The van der Waals surface area contributed by atoms with Crippen LogP contribution in [0, 0.1) is 5.92 Å². The number of rotatable bonds is 1. The van der Waals surface area contributed by atoms with Gasteiger partial charge >= 0.3 is 23.1 Å². The number of alkyl halides is 1. The van der Waals surface area contributed by atoms with Crippen molar-refractivity contribution in [3.63, 3.8) is 0 Å². The van der Waals surface area contributed by atoms with E-state index in [-0.39, 0.29) is 25.9 Å². The fraction of sp³-hybridized carbons (Fsp3) is 1.00. The summed E-state index contributed by atoms with van der Waals surface area (Å²) in [5.41, 5.74) is 0. The molecule has 0 saturated heterocycles. The molecule has 0 spiro atoms. The van der Waals surface area contributed by atoms with E-state index in [0.717, 1.165) is 10.7 Å². The van der Waals surface area contributed by atoms with E-state index in [1.807, 2.05) is 0 Å². The van der Waals surface area contributed by atoms with Gasteiger partial charge in [0.05, 0.1) is 0 Å². The van der Waals surface area contributed by atoms with E-state index in [0.29, 0.717) is 0 Å². The van der Waals surface area contributed by atoms with E-state index in [1.165, 1.54) is 32.1 Å². The number of hydrogen-bond acceptors (Lipinski definition) is 0. The molecule has 0 amide bonds. The van der Waals surface area contributed by atoms with Gasteiger partial charge in [-0.2, -0.15) is 0 Å². The summed E-state index contributed by atoms with van der Waals surface area (Å²) >= 11 is 3.64. The van der Waals surface area contributed by atoms with Crippen molar-refractivity contribution in [1.82, 2.24) is 0 Å². The molecule has 2 heteroatoms. The van der Waals surface area contributed by atoms with Gasteiger partial charge in [0.2, 0.25) is 0 Å². The summed E-state index contributed by atoms with van der Waals surface area (Å²) in [6.07, 6.45) is 7.29. The molecule has 10 heavy (non-hydrogen) atoms. The molecule has 1 saturated carbocycles. The van der Waals surface area contributed by atoms with Crippen molar-refractivity contribution in [3.05, 3.63) is 0 Å². The molecule has 0 N–H and O–H groups in total. The monoisotopic (exact) mass is 216 g/mol. The molecule has 0 nitrogen and oxygen atoms in total. The van der Waals surface area contributed by atoms with Crippen LogP contribution in [0.3, 0.4) is 0 Å². The first kappa shape index (κ1) is 11.2. The Kier molecular flexibility index (Phi) is 6.57. The van der Waals surface area contributed by atoms with Gasteiger partial charge < -0.3 is 2.85 Å². The molecule has 0 heterocycles. The minimum atomic E-state index is 0. The Morgan fingerprint density at radius 1 is 1.30 bits per heavy atom. The molecule has 1 aliphatic rings. The van der Waals surface area contributed by atoms with Gasteiger partial charge in [-0.05, 0) is 18.8 Å². The quantitative estimate of drug-likeness (QED) is 0.467. The Morgan fingerprint density at radius 2 is 1.80 bits per heavy atom. The van der Waals surface area contributed by atoms with Crippen molar-refractivity contribution < 1.29 is 2.85 Å². The third kappa shape index (κ3) is 3.58. The van der Waals surface area contributed by atoms with E-state index < -0.39 is 0 Å². The Bertz CT molecular complexity index is 85.1. The Morgan fingerprint density at radius 3 is 2.10 bits per heavy atom. The first-order chi connectivity index (χ1) is 4.30. The van der Waals surface area contributed by atoms with Crippen molar-refractivity contribution in [1.29, 1.82) is 0 Å². The van der Waals surface area contributed by atoms with Gasteiger partial charge in [0.25, 0.3) is 0 Å². The zero-order valence-electron chi connectivity index (χ0n) is 8.78. The van der Waals surface area contributed by atoms with Gasteiger partial charge in [0.15, 0.2) is 0 Å². The van der Waals surface area contributed by atoms with Crippen LogP contribution in [0.15, 0.2) is 0 Å². The summed E-state index contributed by atoms with van der Waals surface area (Å²) in [6.45, 7) is 2.27. The van der Waals surface area contributed by atoms with Crippen LogP contribution < -0.4 is 0 Å². The van der Waals surface area contributed by atoms with Crippen molar-refractivity contribution in [2.45, 2.75) is 43.9 Å². The summed E-state index contributed by atoms with van der Waals surface area (Å²) in [5.74, 6) is 0.971. The molecule has 58 valence electrons. The maximum atomic E-state index is 3.64. The van der Waals surface area contributed by atoms with Crippen molar-refractivity contribution in [2.24, 2.45) is 5.92 Å². The second-order valence-corrected chi connectivity index (χ2v) is 4.52. The predicted octanol–water partition coefficient (Wildman–Crippen LogP) is 3.19. The summed E-state index contributed by atoms with van der Waals surface area (Å²) < 4.78 is 0. The topological polar surface area (TPSA) is 0 Å². The van der Waals surface area contributed by atoms with E-state index in [9.17, 15) is 0 Å². The summed E-state index contributed by atoms with van der Waals surface area (Å²) in [4.78, 5) is 0.748. The molecule has 1 atom stereocenters. The van der Waals surface area contributed by atoms with Crippen LogP contribution in [-0.2, 0) is 0 Å². The van der Waals surface area contributed by atoms with Gasteiger partial charge in [-0.3, -0.25) is 0 Å². The van der Waals surface area contributed by atoms with Gasteiger partial charge in [0, 0.05) is 4.83 Å². The zero-order chi connectivity index (χ0) is 6.69. The van der Waals surface area contributed by atoms with E-state index in [4.69, 9.17) is 0 Å². The van der Waals surface area contributed by atoms with Crippen LogP contribution in [0.1, 0.15) is 41.9 Å². The fourth-order valence-corrected chi connectivity index (χ4v) is 2.12. The van der Waals surface area contributed by atoms with Crippen molar-refractivity contribution in [2.75, 3.05) is 0 Å². The minimum absolute atomic E-state index is 0. The van der Waals surface area contributed by atoms with Crippen molar-refractivity contribution >= 4 is 39.0 Å². The molecule has 0 radical (unpaired) electrons. The average molecular weight is 217 g/mol. The largest absolute Gasteiger partial charge is 2.00 e. The van der Waals surface area contributed by atoms with E-state index >= 15 is 0 Å². The van der Waals surface area contributed by atoms with Gasteiger partial charge in [-0.1, -0.05) is 42.1 Å². The Balaban J connectivity index is -0.000000270. The predicted molar refractivity (Wildman–Crippen MR) is 52.9 cm³/mol. The van der Waals surface area contributed by atoms with Crippen LogP contribution in [0.2, 0.25) is 0 Å². The van der Waals surface area contributed by atoms with Crippen LogP contribution in [0.4, 0.5) is 0 Å². The van der Waals surface area contributed by atoms with Crippen LogP contribution >= 0.6 is 15.9 Å². The first-order valence-electron chi connectivity index (χ1n) is 3.95. The molecule has 0 aromatic heterocycles. The van der Waals surface area contributed by atoms with Gasteiger partial charge in [-0.15, -0.1) is 0 Å². The summed E-state index contributed by atoms with van der Waals surface area (Å²) in [7, 11) is 0. The Labute approximate surface area is 91.4 Å². The smallest absolute Gasteiger partial charge is 1.00 e. The Hall–Kier alpha value is 1.25. The zero-order valence-corrected chi connectivity index (χ0v) is 9.78. The summed E-state index contributed by atoms with van der Waals surface area (Å²) in [6, 6.07) is 0. The minimum Gasteiger partial charge on any atom is -1.00 e. The number of halogens is 1. The van der Waals surface area contributed by atoms with Crippen LogP contribution in [0.25, 0.3) is 0 Å². The third-order valence-corrected chi connectivity index (χ3v) is 3.05. The number of hydrogen-bond donors (Lipinski definition) is 0. The van der Waals surface area contributed by atoms with Gasteiger partial charge in [-0.25, -0.2) is 0 Å². The molecular weight excluding hydrogens is 200 g/mol. The maximum Gasteiger partial charge on any atom is 2.00 e. The third-order valence-electron chi connectivity index (χ3n) is 2.30. The normalized spacial score (nSPS) is 23.4. The molecule has 1 fully saturated rings. The standard InChI is InChI=1S/C8H15Br.Mg.2H/c1-7(9)8-5-3-2-4-6-8;;;/h7-8H,2-6H2,1H3;;;/q;+2;2*-1. The van der Waals surface area contributed by atoms with E-state index in [2.05, 4.69) is 22.9 Å². The molecule has 0 aromatic carbocycles. The maximum absolute atomic E-state index is 3.64. The molecule has 0 aliphatic heterocycles. The molecule has 0 bridgehead atoms. The van der Waals surface area contributed by atoms with Crippen LogP contribution in [0.5, 0.6) is 0 Å². The van der Waals surface area contributed by atoms with Crippen LogP contribution in [-0.4, -0.2) is 27.9 Å². The first-order valence-corrected chi connectivity index (χ1v) is 4.86. The second-order valence-electron chi connectivity index (χ2n) is 3.08. The molecular formula is C8H17BrMg. The molecule has 1 rings (SSSR count). The van der Waals surface area contributed by atoms with E-state index in [1.54, 1.807) is 0 Å². The fourth-order valence-electron chi connectivity index (χ4n) is 1.59. The SMILES string of the molecule is CC(Br)C1CCCCC1.[H-].[H-].[Mg+2]. The molecule has 1 unspecified atom stereocenters. The van der Waals surface area contributed by atoms with Crippen molar-refractivity contribution in [3.8, 4) is 0 Å². The van der Waals surface area contributed by atoms with Gasteiger partial charge in [0.1, 0.15) is 0 Å². The molecule has 1 aliphatic carbocycles. The average Bonchev–Trinajstić information content (AvgIpc) is 1.90. The second kappa shape index (κ2) is 5.84.